The van der Waals surface area contributed by atoms with E-state index >= 15 is 0 Å². The Kier molecular flexibility index (Phi) is 17.5. The zero-order chi connectivity index (χ0) is 31.3. The van der Waals surface area contributed by atoms with Crippen molar-refractivity contribution < 1.29 is 0 Å². The van der Waals surface area contributed by atoms with Crippen molar-refractivity contribution in [1.29, 1.82) is 0 Å². The van der Waals surface area contributed by atoms with Crippen LogP contribution in [-0.2, 0) is 21.1 Å². The van der Waals surface area contributed by atoms with Crippen LogP contribution in [0.3, 0.4) is 0 Å². The van der Waals surface area contributed by atoms with E-state index in [9.17, 15) is 0 Å². The SMILES string of the molecule is C.Cc1ncc[nH]1.Cc1nccn1-c1ccccc1.Cc1nccn1C.Cc1ncn[nH]1.Cn1cccn1.Cn1ccnc1. The summed E-state index contributed by atoms with van der Waals surface area (Å²) in [4.78, 5) is 22.4. The molecule has 0 amide bonds. The molecule has 13 nitrogen and oxygen atoms in total. The number of aryl methyl sites for hydroxylation is 7. The van der Waals surface area contributed by atoms with Crippen molar-refractivity contribution in [2.75, 3.05) is 0 Å². The summed E-state index contributed by atoms with van der Waals surface area (Å²) in [5.74, 6) is 3.89. The van der Waals surface area contributed by atoms with Crippen molar-refractivity contribution in [2.45, 2.75) is 35.1 Å². The highest BCUT2D eigenvalue weighted by atomic mass is 15.2. The molecule has 44 heavy (non-hydrogen) atoms. The van der Waals surface area contributed by atoms with Gasteiger partial charge in [0.25, 0.3) is 0 Å². The number of nitrogens with zero attached hydrogens (tertiary/aromatic N) is 11. The molecule has 0 bridgehead atoms. The lowest BCUT2D eigenvalue weighted by Gasteiger charge is -2.02. The zero-order valence-electron chi connectivity index (χ0n) is 25.8. The van der Waals surface area contributed by atoms with Crippen molar-refractivity contribution in [3.8, 4) is 5.69 Å². The minimum atomic E-state index is 0. The highest BCUT2D eigenvalue weighted by molar-refractivity contribution is 5.32. The number of hydrogen-bond acceptors (Lipinski definition) is 7. The second-order valence-electron chi connectivity index (χ2n) is 8.92. The van der Waals surface area contributed by atoms with Gasteiger partial charge in [-0.15, -0.1) is 0 Å². The minimum absolute atomic E-state index is 0. The van der Waals surface area contributed by atoms with Crippen molar-refractivity contribution in [3.63, 3.8) is 0 Å². The molecule has 0 saturated carbocycles. The summed E-state index contributed by atoms with van der Waals surface area (Å²) < 4.78 is 7.67. The fourth-order valence-corrected chi connectivity index (χ4v) is 2.96. The Hall–Kier alpha value is -5.59. The van der Waals surface area contributed by atoms with E-state index in [-0.39, 0.29) is 7.43 Å². The molecule has 0 radical (unpaired) electrons. The van der Waals surface area contributed by atoms with Gasteiger partial charge in [0.15, 0.2) is 0 Å². The van der Waals surface area contributed by atoms with Crippen LogP contribution in [0.2, 0.25) is 0 Å². The smallest absolute Gasteiger partial charge is 0.137 e. The maximum absolute atomic E-state index is 4.16. The van der Waals surface area contributed by atoms with Gasteiger partial charge in [0.2, 0.25) is 0 Å². The Morgan fingerprint density at radius 1 is 0.659 bits per heavy atom. The Morgan fingerprint density at radius 2 is 1.39 bits per heavy atom. The number of rotatable bonds is 1. The number of para-hydroxylation sites is 1. The van der Waals surface area contributed by atoms with Gasteiger partial charge in [0, 0.05) is 88.8 Å². The van der Waals surface area contributed by atoms with Gasteiger partial charge in [0.05, 0.1) is 6.33 Å². The van der Waals surface area contributed by atoms with Gasteiger partial charge >= 0.3 is 0 Å². The van der Waals surface area contributed by atoms with Crippen LogP contribution in [0.4, 0.5) is 0 Å². The topological polar surface area (TPSA) is 142 Å². The summed E-state index contributed by atoms with van der Waals surface area (Å²) in [5, 5.41) is 10.1. The summed E-state index contributed by atoms with van der Waals surface area (Å²) in [5.41, 5.74) is 1.16. The molecule has 1 aromatic carbocycles. The summed E-state index contributed by atoms with van der Waals surface area (Å²) in [7, 11) is 5.80. The molecule has 0 atom stereocenters. The lowest BCUT2D eigenvalue weighted by atomic mass is 10.3. The molecule has 0 aliphatic carbocycles. The molecule has 2 N–H and O–H groups in total. The molecule has 7 rings (SSSR count). The zero-order valence-corrected chi connectivity index (χ0v) is 25.8. The van der Waals surface area contributed by atoms with Crippen LogP contribution in [0.5, 0.6) is 0 Å². The molecular weight excluding hydrogens is 554 g/mol. The first-order chi connectivity index (χ1) is 20.8. The number of aromatic nitrogens is 13. The Morgan fingerprint density at radius 3 is 1.66 bits per heavy atom. The lowest BCUT2D eigenvalue weighted by Crippen LogP contribution is -1.93. The van der Waals surface area contributed by atoms with Gasteiger partial charge in [0.1, 0.15) is 29.6 Å². The Bertz CT molecular complexity index is 1420. The van der Waals surface area contributed by atoms with Crippen molar-refractivity contribution in [1.82, 2.24) is 63.6 Å². The van der Waals surface area contributed by atoms with E-state index < -0.39 is 0 Å². The van der Waals surface area contributed by atoms with Crippen LogP contribution < -0.4 is 0 Å². The number of nitrogens with one attached hydrogen (secondary N) is 2. The summed E-state index contributed by atoms with van der Waals surface area (Å²) in [6, 6.07) is 12.1. The largest absolute Gasteiger partial charge is 0.349 e. The number of aromatic amines is 2. The molecule has 0 unspecified atom stereocenters. The summed E-state index contributed by atoms with van der Waals surface area (Å²) >= 11 is 0. The highest BCUT2D eigenvalue weighted by Crippen LogP contribution is 2.08. The highest BCUT2D eigenvalue weighted by Gasteiger charge is 1.97. The van der Waals surface area contributed by atoms with E-state index in [1.807, 2.05) is 113 Å². The normalized spacial score (nSPS) is 9.07. The standard InChI is InChI=1S/C10H10N2.C5H8N2.3C4H6N2.C3H5N3.CH4/c1-9-11-7-8-12(9)10-5-3-2-4-6-10;1-5-6-3-4-7(5)2;1-6-3-2-5-4-6;1-6-4-2-3-5-6;1-4-5-2-3-6-4;1-3-4-2-5-6-3;/h2-8H,1H3;3-4H,1-2H3;2*2-4H,1H3;2-3H,1H3,(H,5,6);2H,1H3,(H,4,5,6);1H4. The monoisotopic (exact) mass is 599 g/mol. The van der Waals surface area contributed by atoms with Gasteiger partial charge < -0.3 is 18.7 Å². The van der Waals surface area contributed by atoms with E-state index in [0.717, 1.165) is 29.0 Å². The third kappa shape index (κ3) is 15.4. The van der Waals surface area contributed by atoms with Crippen LogP contribution in [-0.4, -0.2) is 63.6 Å². The van der Waals surface area contributed by atoms with Gasteiger partial charge in [-0.1, -0.05) is 25.6 Å². The molecule has 13 heteroatoms. The molecule has 0 saturated heterocycles. The fourth-order valence-electron chi connectivity index (χ4n) is 2.96. The van der Waals surface area contributed by atoms with Crippen LogP contribution in [0.1, 0.15) is 30.7 Å². The van der Waals surface area contributed by atoms with E-state index in [0.29, 0.717) is 0 Å². The third-order valence-corrected chi connectivity index (χ3v) is 5.37. The maximum Gasteiger partial charge on any atom is 0.137 e. The molecule has 6 aromatic heterocycles. The predicted molar refractivity (Wildman–Crippen MR) is 174 cm³/mol. The van der Waals surface area contributed by atoms with Gasteiger partial charge in [-0.3, -0.25) is 9.78 Å². The van der Waals surface area contributed by atoms with Crippen LogP contribution in [0, 0.1) is 27.7 Å². The van der Waals surface area contributed by atoms with Gasteiger partial charge in [-0.2, -0.15) is 10.2 Å². The predicted octanol–water partition coefficient (Wildman–Crippen LogP) is 5.22. The molecule has 0 aliphatic rings. The molecule has 0 aliphatic heterocycles. The molecule has 0 spiro atoms. The first-order valence-corrected chi connectivity index (χ1v) is 13.4. The second kappa shape index (κ2) is 21.2. The van der Waals surface area contributed by atoms with E-state index in [2.05, 4.69) is 61.9 Å². The Labute approximate surface area is 259 Å². The summed E-state index contributed by atoms with van der Waals surface area (Å²) in [6.45, 7) is 7.74. The van der Waals surface area contributed by atoms with Crippen LogP contribution in [0.25, 0.3) is 5.69 Å². The average molecular weight is 600 g/mol. The van der Waals surface area contributed by atoms with Crippen LogP contribution in [0.15, 0.2) is 111 Å². The minimum Gasteiger partial charge on any atom is -0.349 e. The second-order valence-corrected chi connectivity index (χ2v) is 8.92. The molecule has 234 valence electrons. The number of H-pyrrole nitrogens is 2. The average Bonchev–Trinajstić information content (AvgIpc) is 3.84. The number of benzene rings is 1. The molecular formula is C31H45N13. The first kappa shape index (κ1) is 36.4. The van der Waals surface area contributed by atoms with Crippen LogP contribution >= 0.6 is 0 Å². The fraction of sp³-hybridized carbons (Fsp3) is 0.258. The molecule has 0 fully saturated rings. The number of imidazole rings is 4. The van der Waals surface area contributed by atoms with E-state index in [4.69, 9.17) is 0 Å². The van der Waals surface area contributed by atoms with E-state index in [1.54, 1.807) is 42.0 Å². The quantitative estimate of drug-likeness (QED) is 0.264. The third-order valence-electron chi connectivity index (χ3n) is 5.37. The van der Waals surface area contributed by atoms with Gasteiger partial charge in [-0.05, 0) is 45.9 Å². The van der Waals surface area contributed by atoms with Gasteiger partial charge in [-0.25, -0.2) is 24.9 Å². The number of hydrogen-bond donors (Lipinski definition) is 2. The molecule has 7 aromatic rings. The first-order valence-electron chi connectivity index (χ1n) is 13.4. The van der Waals surface area contributed by atoms with Crippen molar-refractivity contribution in [3.05, 3.63) is 134 Å². The summed E-state index contributed by atoms with van der Waals surface area (Å²) in [6.07, 6.45) is 21.5. The maximum atomic E-state index is 4.16. The Balaban J connectivity index is 0.000000270. The van der Waals surface area contributed by atoms with Crippen molar-refractivity contribution >= 4 is 0 Å². The van der Waals surface area contributed by atoms with Crippen molar-refractivity contribution in [2.24, 2.45) is 21.1 Å². The molecule has 6 heterocycles. The van der Waals surface area contributed by atoms with E-state index in [1.165, 1.54) is 6.33 Å². The lowest BCUT2D eigenvalue weighted by molar-refractivity contribution is 0.768.